The van der Waals surface area contributed by atoms with Gasteiger partial charge in [-0.2, -0.15) is 0 Å². The van der Waals surface area contributed by atoms with Crippen molar-refractivity contribution >= 4 is 10.9 Å². The van der Waals surface area contributed by atoms with E-state index in [1.54, 1.807) is 12.1 Å². The van der Waals surface area contributed by atoms with Crippen molar-refractivity contribution in [3.8, 4) is 0 Å². The molecule has 4 heterocycles. The van der Waals surface area contributed by atoms with E-state index < -0.39 is 11.6 Å². The monoisotopic (exact) mass is 461 g/mol. The van der Waals surface area contributed by atoms with Crippen molar-refractivity contribution in [3.63, 3.8) is 0 Å². The molecule has 0 unspecified atom stereocenters. The summed E-state index contributed by atoms with van der Waals surface area (Å²) in [6.45, 7) is 10.7. The maximum absolute atomic E-state index is 14.8. The summed E-state index contributed by atoms with van der Waals surface area (Å²) >= 11 is 0. The summed E-state index contributed by atoms with van der Waals surface area (Å²) in [6.07, 6.45) is 7.54. The second kappa shape index (κ2) is 9.40. The maximum atomic E-state index is 14.8. The number of piperidine rings is 3. The van der Waals surface area contributed by atoms with Crippen molar-refractivity contribution in [1.29, 1.82) is 0 Å². The molecule has 5 heteroatoms. The number of pyridine rings is 1. The first-order valence-electron chi connectivity index (χ1n) is 12.0. The van der Waals surface area contributed by atoms with Crippen molar-refractivity contribution in [1.82, 2.24) is 4.98 Å². The minimum Gasteiger partial charge on any atom is -0.363 e. The molecule has 1 aromatic heterocycles. The van der Waals surface area contributed by atoms with Gasteiger partial charge >= 0.3 is 0 Å². The molecule has 3 aliphatic rings. The van der Waals surface area contributed by atoms with Gasteiger partial charge in [-0.3, -0.25) is 4.98 Å². The van der Waals surface area contributed by atoms with E-state index in [-0.39, 0.29) is 12.1 Å². The van der Waals surface area contributed by atoms with Gasteiger partial charge in [0, 0.05) is 42.0 Å². The number of quaternary nitrogens is 1. The predicted molar refractivity (Wildman–Crippen MR) is 131 cm³/mol. The van der Waals surface area contributed by atoms with E-state index in [0.29, 0.717) is 35.0 Å². The van der Waals surface area contributed by atoms with E-state index in [0.717, 1.165) is 48.5 Å². The third-order valence-electron chi connectivity index (χ3n) is 7.91. The number of halogens is 2. The van der Waals surface area contributed by atoms with Crippen LogP contribution in [0.2, 0.25) is 0 Å². The third kappa shape index (κ3) is 4.08. The molecule has 0 aliphatic carbocycles. The lowest BCUT2D eigenvalue weighted by Crippen LogP contribution is -2.67. The van der Waals surface area contributed by atoms with Crippen LogP contribution < -0.4 is 0 Å². The highest BCUT2D eigenvalue weighted by atomic mass is 19.1. The summed E-state index contributed by atoms with van der Waals surface area (Å²) in [6, 6.07) is 14.3. The topological polar surface area (TPSA) is 22.1 Å². The second-order valence-corrected chi connectivity index (χ2v) is 9.73. The first-order valence-corrected chi connectivity index (χ1v) is 12.0. The number of benzene rings is 2. The number of rotatable bonds is 8. The fraction of sp³-hybridized carbons (Fsp3) is 0.345. The standard InChI is InChI=1S/C29H31F2N2O/c1-3-15-34-29(25-11-13-32-27-8-6-5-7-24(25)27)28-16-21-12-14-33(28,18-20(21)4-2)19-22-9-10-23(30)17-26(22)31/h3-11,13,17,20-21,28-29H,1-2,12,14-16,18-19H2/q+1/t20-,21-,28-,29+,33-/m0/s1. The fourth-order valence-electron chi connectivity index (χ4n) is 6.30. The van der Waals surface area contributed by atoms with Crippen molar-refractivity contribution in [2.24, 2.45) is 11.8 Å². The predicted octanol–water partition coefficient (Wildman–Crippen LogP) is 6.37. The van der Waals surface area contributed by atoms with Gasteiger partial charge in [-0.15, -0.1) is 13.2 Å². The molecule has 5 atom stereocenters. The molecule has 0 saturated carbocycles. The normalized spacial score (nSPS) is 26.9. The molecular formula is C29H31F2N2O+. The average molecular weight is 462 g/mol. The summed E-state index contributed by atoms with van der Waals surface area (Å²) in [5.41, 5.74) is 2.59. The van der Waals surface area contributed by atoms with Gasteiger partial charge in [-0.25, -0.2) is 8.78 Å². The van der Waals surface area contributed by atoms with Crippen molar-refractivity contribution < 1.29 is 18.0 Å². The quantitative estimate of drug-likeness (QED) is 0.287. The molecule has 2 bridgehead atoms. The zero-order valence-electron chi connectivity index (χ0n) is 19.4. The van der Waals surface area contributed by atoms with Gasteiger partial charge in [0.25, 0.3) is 0 Å². The highest BCUT2D eigenvalue weighted by Gasteiger charge is 2.54. The van der Waals surface area contributed by atoms with Crippen LogP contribution in [0.1, 0.15) is 30.1 Å². The average Bonchev–Trinajstić information content (AvgIpc) is 2.86. The largest absolute Gasteiger partial charge is 0.363 e. The Balaban J connectivity index is 1.61. The minimum atomic E-state index is -0.547. The molecule has 3 aliphatic heterocycles. The third-order valence-corrected chi connectivity index (χ3v) is 7.91. The summed E-state index contributed by atoms with van der Waals surface area (Å²) in [5.74, 6) is -0.118. The fourth-order valence-corrected chi connectivity index (χ4v) is 6.30. The molecule has 34 heavy (non-hydrogen) atoms. The van der Waals surface area contributed by atoms with Gasteiger partial charge < -0.3 is 9.22 Å². The van der Waals surface area contributed by atoms with E-state index in [1.165, 1.54) is 6.07 Å². The first-order chi connectivity index (χ1) is 16.5. The molecule has 3 saturated heterocycles. The van der Waals surface area contributed by atoms with Crippen LogP contribution in [0.25, 0.3) is 10.9 Å². The van der Waals surface area contributed by atoms with E-state index in [1.807, 2.05) is 24.4 Å². The second-order valence-electron chi connectivity index (χ2n) is 9.73. The highest BCUT2D eigenvalue weighted by molar-refractivity contribution is 5.82. The molecular weight excluding hydrogens is 430 g/mol. The molecule has 2 aromatic carbocycles. The van der Waals surface area contributed by atoms with Crippen LogP contribution in [-0.2, 0) is 11.3 Å². The van der Waals surface area contributed by atoms with Crippen LogP contribution in [0.4, 0.5) is 8.78 Å². The highest BCUT2D eigenvalue weighted by Crippen LogP contribution is 2.49. The molecule has 0 N–H and O–H groups in total. The summed E-state index contributed by atoms with van der Waals surface area (Å²) in [5, 5.41) is 1.08. The summed E-state index contributed by atoms with van der Waals surface area (Å²) < 4.78 is 35.7. The van der Waals surface area contributed by atoms with Crippen LogP contribution in [-0.4, -0.2) is 35.2 Å². The Hall–Kier alpha value is -2.89. The SMILES string of the molecule is C=CCO[C@H](c1ccnc2ccccc12)[C@@H]1C[C@@H]2CC[N@@+]1(Cc1ccc(F)cc1F)C[C@@H]2C=C. The molecule has 0 radical (unpaired) electrons. The zero-order valence-corrected chi connectivity index (χ0v) is 19.4. The lowest BCUT2D eigenvalue weighted by Gasteiger charge is -2.58. The smallest absolute Gasteiger partial charge is 0.135 e. The van der Waals surface area contributed by atoms with Crippen LogP contribution in [0.5, 0.6) is 0 Å². The zero-order chi connectivity index (χ0) is 23.7. The van der Waals surface area contributed by atoms with Gasteiger partial charge in [0.2, 0.25) is 0 Å². The van der Waals surface area contributed by atoms with E-state index >= 15 is 0 Å². The van der Waals surface area contributed by atoms with Crippen LogP contribution in [0.15, 0.2) is 80.0 Å². The lowest BCUT2D eigenvalue weighted by molar-refractivity contribution is -0.985. The van der Waals surface area contributed by atoms with E-state index in [9.17, 15) is 8.78 Å². The number of aromatic nitrogens is 1. The van der Waals surface area contributed by atoms with Gasteiger partial charge in [0.15, 0.2) is 0 Å². The molecule has 176 valence electrons. The number of hydrogen-bond acceptors (Lipinski definition) is 2. The molecule has 3 fully saturated rings. The molecule has 3 nitrogen and oxygen atoms in total. The molecule has 0 spiro atoms. The maximum Gasteiger partial charge on any atom is 0.135 e. The van der Waals surface area contributed by atoms with Gasteiger partial charge in [0.1, 0.15) is 30.3 Å². The van der Waals surface area contributed by atoms with E-state index in [2.05, 4.69) is 36.4 Å². The van der Waals surface area contributed by atoms with Gasteiger partial charge in [-0.05, 0) is 35.7 Å². The Morgan fingerprint density at radius 1 is 1.15 bits per heavy atom. The Kier molecular flexibility index (Phi) is 6.32. The Morgan fingerprint density at radius 2 is 2.00 bits per heavy atom. The number of nitrogens with zero attached hydrogens (tertiary/aromatic N) is 2. The van der Waals surface area contributed by atoms with Crippen molar-refractivity contribution in [2.75, 3.05) is 19.7 Å². The van der Waals surface area contributed by atoms with Crippen LogP contribution in [0.3, 0.4) is 0 Å². The van der Waals surface area contributed by atoms with Crippen LogP contribution >= 0.6 is 0 Å². The molecule has 3 aromatic rings. The van der Waals surface area contributed by atoms with Crippen molar-refractivity contribution in [2.45, 2.75) is 31.5 Å². The number of hydrogen-bond donors (Lipinski definition) is 0. The Morgan fingerprint density at radius 3 is 2.79 bits per heavy atom. The lowest BCUT2D eigenvalue weighted by atomic mass is 9.71. The van der Waals surface area contributed by atoms with Gasteiger partial charge in [-0.1, -0.05) is 30.4 Å². The first kappa shape index (κ1) is 22.9. The van der Waals surface area contributed by atoms with Gasteiger partial charge in [0.05, 0.1) is 25.2 Å². The minimum absolute atomic E-state index is 0.130. The number of ether oxygens (including phenoxy) is 1. The number of para-hydroxylation sites is 1. The Labute approximate surface area is 200 Å². The van der Waals surface area contributed by atoms with Crippen molar-refractivity contribution in [3.05, 3.63) is 103 Å². The summed E-state index contributed by atoms with van der Waals surface area (Å²) in [7, 11) is 0. The molecule has 0 amide bonds. The van der Waals surface area contributed by atoms with E-state index in [4.69, 9.17) is 4.74 Å². The molecule has 6 rings (SSSR count). The number of fused-ring (bicyclic) bond motifs is 4. The van der Waals surface area contributed by atoms with Crippen LogP contribution in [0, 0.1) is 23.5 Å². The summed E-state index contributed by atoms with van der Waals surface area (Å²) in [4.78, 5) is 4.55. The Bertz CT molecular complexity index is 1210.